The molecule has 0 unspecified atom stereocenters. The molecule has 0 saturated carbocycles. The van der Waals surface area contributed by atoms with Crippen molar-refractivity contribution in [3.8, 4) is 0 Å². The average Bonchev–Trinajstić information content (AvgIpc) is 2.25. The highest BCUT2D eigenvalue weighted by molar-refractivity contribution is 5.58. The zero-order chi connectivity index (χ0) is 12.4. The van der Waals surface area contributed by atoms with E-state index in [1.54, 1.807) is 13.2 Å². The van der Waals surface area contributed by atoms with Crippen LogP contribution in [0, 0.1) is 17.2 Å². The molecule has 2 nitrogen and oxygen atoms in total. The Hall–Kier alpha value is -1.15. The third kappa shape index (κ3) is 7.18. The lowest BCUT2D eigenvalue weighted by molar-refractivity contribution is 0.177. The van der Waals surface area contributed by atoms with Crippen LogP contribution in [0.3, 0.4) is 0 Å². The summed E-state index contributed by atoms with van der Waals surface area (Å²) >= 11 is 0. The highest BCUT2D eigenvalue weighted by Crippen LogP contribution is 2.13. The molecule has 90 valence electrons. The molecule has 0 aliphatic heterocycles. The molecule has 0 amide bonds. The zero-order valence-corrected chi connectivity index (χ0v) is 10.6. The largest absolute Gasteiger partial charge is 0.384 e. The fourth-order valence-corrected chi connectivity index (χ4v) is 1.34. The molecule has 0 aliphatic carbocycles. The molecule has 0 bridgehead atoms. The minimum absolute atomic E-state index is 0.146. The molecule has 2 heteroatoms. The Kier molecular flexibility index (Phi) is 8.45. The van der Waals surface area contributed by atoms with Gasteiger partial charge in [0.25, 0.3) is 0 Å². The van der Waals surface area contributed by atoms with Gasteiger partial charge >= 0.3 is 0 Å². The van der Waals surface area contributed by atoms with Crippen LogP contribution in [-0.2, 0) is 4.74 Å². The second kappa shape index (κ2) is 9.10. The summed E-state index contributed by atoms with van der Waals surface area (Å²) in [7, 11) is 1.66. The van der Waals surface area contributed by atoms with E-state index in [1.165, 1.54) is 11.8 Å². The van der Waals surface area contributed by atoms with Gasteiger partial charge in [0.05, 0.1) is 6.61 Å². The Labute approximate surface area is 99.2 Å². The third-order valence-corrected chi connectivity index (χ3v) is 2.14. The van der Waals surface area contributed by atoms with Gasteiger partial charge in [-0.2, -0.15) is 0 Å². The third-order valence-electron chi connectivity index (χ3n) is 2.14. The van der Waals surface area contributed by atoms with Crippen LogP contribution >= 0.6 is 0 Å². The Morgan fingerprint density at radius 1 is 1.44 bits per heavy atom. The van der Waals surface area contributed by atoms with Gasteiger partial charge in [0, 0.05) is 19.2 Å². The monoisotopic (exact) mass is 221 g/mol. The second-order valence-electron chi connectivity index (χ2n) is 4.17. The van der Waals surface area contributed by atoms with Crippen LogP contribution in [0.5, 0.6) is 0 Å². The topological polar surface area (TPSA) is 33.1 Å². The molecule has 0 spiro atoms. The fourth-order valence-electron chi connectivity index (χ4n) is 1.34. The molecular weight excluding hydrogens is 198 g/mol. The maximum absolute atomic E-state index is 7.32. The zero-order valence-electron chi connectivity index (χ0n) is 10.6. The van der Waals surface area contributed by atoms with Crippen molar-refractivity contribution in [2.45, 2.75) is 20.3 Å². The standard InChI is InChI=1S/C14H23NO/c1-5-6-13(8-7-12(2)3)9-14(10-15)11-16-4/h5-8,10,12,14-15H,1,9,11H2,2-4H3/b8-7-,13-6+,15-10?/t14-/m1/s1. The minimum Gasteiger partial charge on any atom is -0.384 e. The van der Waals surface area contributed by atoms with Gasteiger partial charge in [-0.05, 0) is 17.9 Å². The first-order valence-electron chi connectivity index (χ1n) is 5.63. The molecule has 0 saturated heterocycles. The first kappa shape index (κ1) is 14.8. The lowest BCUT2D eigenvalue weighted by Crippen LogP contribution is -2.09. The number of methoxy groups -OCH3 is 1. The molecule has 0 aromatic heterocycles. The number of allylic oxidation sites excluding steroid dienone is 5. The molecule has 1 atom stereocenters. The molecule has 1 N–H and O–H groups in total. The molecule has 0 heterocycles. The summed E-state index contributed by atoms with van der Waals surface area (Å²) in [6, 6.07) is 0. The number of ether oxygens (including phenoxy) is 1. The molecule has 0 aliphatic rings. The average molecular weight is 221 g/mol. The number of hydrogen-bond acceptors (Lipinski definition) is 2. The first-order chi connectivity index (χ1) is 7.63. The van der Waals surface area contributed by atoms with Crippen molar-refractivity contribution in [3.63, 3.8) is 0 Å². The van der Waals surface area contributed by atoms with Crippen LogP contribution < -0.4 is 0 Å². The van der Waals surface area contributed by atoms with Crippen LogP contribution in [-0.4, -0.2) is 19.9 Å². The van der Waals surface area contributed by atoms with Crippen LogP contribution in [0.1, 0.15) is 20.3 Å². The summed E-state index contributed by atoms with van der Waals surface area (Å²) in [6.07, 6.45) is 10.3. The Morgan fingerprint density at radius 3 is 2.56 bits per heavy atom. The van der Waals surface area contributed by atoms with E-state index in [0.29, 0.717) is 12.5 Å². The van der Waals surface area contributed by atoms with Gasteiger partial charge in [0.2, 0.25) is 0 Å². The van der Waals surface area contributed by atoms with E-state index in [-0.39, 0.29) is 5.92 Å². The van der Waals surface area contributed by atoms with Crippen molar-refractivity contribution in [2.24, 2.45) is 11.8 Å². The molecule has 0 radical (unpaired) electrons. The molecule has 0 fully saturated rings. The predicted molar refractivity (Wildman–Crippen MR) is 71.0 cm³/mol. The minimum atomic E-state index is 0.146. The van der Waals surface area contributed by atoms with Gasteiger partial charge in [0.1, 0.15) is 0 Å². The molecular formula is C14H23NO. The number of rotatable bonds is 8. The predicted octanol–water partition coefficient (Wildman–Crippen LogP) is 3.61. The summed E-state index contributed by atoms with van der Waals surface area (Å²) in [5.41, 5.74) is 1.19. The van der Waals surface area contributed by atoms with Crippen LogP contribution in [0.25, 0.3) is 0 Å². The Morgan fingerprint density at radius 2 is 2.12 bits per heavy atom. The summed E-state index contributed by atoms with van der Waals surface area (Å²) in [5, 5.41) is 7.32. The van der Waals surface area contributed by atoms with E-state index in [2.05, 4.69) is 32.6 Å². The highest BCUT2D eigenvalue weighted by atomic mass is 16.5. The van der Waals surface area contributed by atoms with Crippen molar-refractivity contribution in [1.29, 1.82) is 5.41 Å². The fraction of sp³-hybridized carbons (Fsp3) is 0.500. The summed E-state index contributed by atoms with van der Waals surface area (Å²) in [4.78, 5) is 0. The van der Waals surface area contributed by atoms with Crippen LogP contribution in [0.2, 0.25) is 0 Å². The van der Waals surface area contributed by atoms with Crippen LogP contribution in [0.4, 0.5) is 0 Å². The van der Waals surface area contributed by atoms with Gasteiger partial charge in [-0.25, -0.2) is 0 Å². The highest BCUT2D eigenvalue weighted by Gasteiger charge is 2.06. The van der Waals surface area contributed by atoms with Crippen LogP contribution in [0.15, 0.2) is 36.5 Å². The van der Waals surface area contributed by atoms with E-state index in [0.717, 1.165) is 6.42 Å². The van der Waals surface area contributed by atoms with Crippen molar-refractivity contribution in [2.75, 3.05) is 13.7 Å². The maximum Gasteiger partial charge on any atom is 0.0543 e. The van der Waals surface area contributed by atoms with Crippen molar-refractivity contribution in [1.82, 2.24) is 0 Å². The molecule has 0 rings (SSSR count). The van der Waals surface area contributed by atoms with Crippen molar-refractivity contribution in [3.05, 3.63) is 36.5 Å². The molecule has 16 heavy (non-hydrogen) atoms. The molecule has 0 aromatic carbocycles. The SMILES string of the molecule is C=C/C=C(\C=C/C(C)C)C[C@H](C=N)COC. The summed E-state index contributed by atoms with van der Waals surface area (Å²) < 4.78 is 5.07. The maximum atomic E-state index is 7.32. The Balaban J connectivity index is 4.49. The quantitative estimate of drug-likeness (QED) is 0.493. The van der Waals surface area contributed by atoms with E-state index < -0.39 is 0 Å². The van der Waals surface area contributed by atoms with E-state index in [1.807, 2.05) is 6.08 Å². The van der Waals surface area contributed by atoms with E-state index in [9.17, 15) is 0 Å². The van der Waals surface area contributed by atoms with Gasteiger partial charge in [-0.3, -0.25) is 0 Å². The van der Waals surface area contributed by atoms with Gasteiger partial charge in [-0.1, -0.05) is 44.7 Å². The lowest BCUT2D eigenvalue weighted by atomic mass is 9.99. The van der Waals surface area contributed by atoms with E-state index in [4.69, 9.17) is 10.1 Å². The van der Waals surface area contributed by atoms with Crippen molar-refractivity contribution >= 4 is 6.21 Å². The van der Waals surface area contributed by atoms with Gasteiger partial charge in [-0.15, -0.1) is 0 Å². The van der Waals surface area contributed by atoms with Gasteiger partial charge < -0.3 is 10.1 Å². The summed E-state index contributed by atoms with van der Waals surface area (Å²) in [6.45, 7) is 8.59. The molecule has 0 aromatic rings. The first-order valence-corrected chi connectivity index (χ1v) is 5.63. The summed E-state index contributed by atoms with van der Waals surface area (Å²) in [5.74, 6) is 0.682. The Bertz CT molecular complexity index is 264. The normalized spacial score (nSPS) is 14.4. The smallest absolute Gasteiger partial charge is 0.0543 e. The number of hydrogen-bond donors (Lipinski definition) is 1. The van der Waals surface area contributed by atoms with E-state index >= 15 is 0 Å². The van der Waals surface area contributed by atoms with Gasteiger partial charge in [0.15, 0.2) is 0 Å². The number of nitrogens with one attached hydrogen (secondary N) is 1. The van der Waals surface area contributed by atoms with Crippen molar-refractivity contribution < 1.29 is 4.74 Å². The second-order valence-corrected chi connectivity index (χ2v) is 4.17. The lowest BCUT2D eigenvalue weighted by Gasteiger charge is -2.11.